The number of nitrogens with one attached hydrogen (secondary N) is 1. The van der Waals surface area contributed by atoms with E-state index in [-0.39, 0.29) is 9.16 Å². The van der Waals surface area contributed by atoms with E-state index in [1.54, 1.807) is 0 Å². The van der Waals surface area contributed by atoms with Crippen molar-refractivity contribution in [1.82, 2.24) is 0 Å². The highest BCUT2D eigenvalue weighted by Crippen LogP contribution is 2.11. The molecule has 0 amide bonds. The first kappa shape index (κ1) is 9.07. The molecule has 8 heavy (non-hydrogen) atoms. The third kappa shape index (κ3) is 3.17. The van der Waals surface area contributed by atoms with Crippen LogP contribution in [0.4, 0.5) is 0 Å². The molecule has 0 aromatic carbocycles. The zero-order chi connectivity index (χ0) is 6.73. The molecule has 0 aromatic rings. The lowest BCUT2D eigenvalue weighted by Gasteiger charge is -2.06. The summed E-state index contributed by atoms with van der Waals surface area (Å²) in [5.41, 5.74) is 0.309. The van der Waals surface area contributed by atoms with Crippen LogP contribution in [0.1, 0.15) is 0 Å². The van der Waals surface area contributed by atoms with Crippen LogP contribution < -0.4 is 0 Å². The quantitative estimate of drug-likeness (QED) is 0.244. The van der Waals surface area contributed by atoms with Crippen molar-refractivity contribution < 1.29 is 0 Å². The summed E-state index contributed by atoms with van der Waals surface area (Å²) < 4.78 is -0.676. The summed E-state index contributed by atoms with van der Waals surface area (Å²) in [4.78, 5) is 0. The second-order valence-corrected chi connectivity index (χ2v) is 4.08. The van der Waals surface area contributed by atoms with E-state index in [1.165, 1.54) is 0 Å². The van der Waals surface area contributed by atoms with Crippen LogP contribution in [-0.4, -0.2) is 14.9 Å². The van der Waals surface area contributed by atoms with Crippen molar-refractivity contribution in [3.05, 3.63) is 0 Å². The number of thiol groups is 4. The van der Waals surface area contributed by atoms with Gasteiger partial charge in [0.25, 0.3) is 0 Å². The Morgan fingerprint density at radius 2 is 1.25 bits per heavy atom. The summed E-state index contributed by atoms with van der Waals surface area (Å²) in [6, 6.07) is 0. The van der Waals surface area contributed by atoms with Crippen LogP contribution in [-0.2, 0) is 0 Å². The summed E-state index contributed by atoms with van der Waals surface area (Å²) in [5.74, 6) is 0. The Bertz CT molecular complexity index is 79.3. The topological polar surface area (TPSA) is 23.9 Å². The van der Waals surface area contributed by atoms with E-state index in [9.17, 15) is 0 Å². The standard InChI is InChI=1S/C3H7NS4/c4-1(2(5)6)3(7)8/h2-8H. The van der Waals surface area contributed by atoms with Crippen LogP contribution in [0.15, 0.2) is 0 Å². The van der Waals surface area contributed by atoms with Crippen molar-refractivity contribution in [1.29, 1.82) is 5.41 Å². The van der Waals surface area contributed by atoms with Gasteiger partial charge < -0.3 is 5.41 Å². The highest BCUT2D eigenvalue weighted by molar-refractivity contribution is 8.03. The van der Waals surface area contributed by atoms with Gasteiger partial charge in [0.1, 0.15) is 0 Å². The van der Waals surface area contributed by atoms with E-state index in [2.05, 4.69) is 50.5 Å². The summed E-state index contributed by atoms with van der Waals surface area (Å²) in [6.07, 6.45) is 0. The fraction of sp³-hybridized carbons (Fsp3) is 0.667. The average molecular weight is 185 g/mol. The van der Waals surface area contributed by atoms with Crippen molar-refractivity contribution in [2.24, 2.45) is 0 Å². The molecule has 0 fully saturated rings. The van der Waals surface area contributed by atoms with Gasteiger partial charge in [0.05, 0.1) is 14.9 Å². The largest absolute Gasteiger partial charge is 0.306 e. The van der Waals surface area contributed by atoms with Gasteiger partial charge in [0, 0.05) is 0 Å². The van der Waals surface area contributed by atoms with E-state index in [4.69, 9.17) is 5.41 Å². The molecule has 0 atom stereocenters. The Balaban J connectivity index is 3.65. The van der Waals surface area contributed by atoms with Crippen molar-refractivity contribution >= 4 is 56.2 Å². The third-order valence-corrected chi connectivity index (χ3v) is 1.67. The molecule has 48 valence electrons. The first-order chi connectivity index (χ1) is 3.55. The van der Waals surface area contributed by atoms with E-state index in [0.29, 0.717) is 5.71 Å². The molecule has 1 N–H and O–H groups in total. The van der Waals surface area contributed by atoms with Crippen LogP contribution in [0.5, 0.6) is 0 Å². The van der Waals surface area contributed by atoms with Crippen LogP contribution in [0.3, 0.4) is 0 Å². The third-order valence-electron chi connectivity index (χ3n) is 0.556. The molecule has 0 saturated carbocycles. The maximum atomic E-state index is 7.09. The minimum atomic E-state index is -0.338. The normalized spacial score (nSPS) is 10.8. The molecule has 1 nitrogen and oxygen atoms in total. The molecule has 0 heterocycles. The minimum Gasteiger partial charge on any atom is -0.306 e. The number of hydrogen-bond donors (Lipinski definition) is 5. The van der Waals surface area contributed by atoms with Gasteiger partial charge >= 0.3 is 0 Å². The molecule has 0 saturated heterocycles. The van der Waals surface area contributed by atoms with Crippen molar-refractivity contribution in [2.45, 2.75) is 9.16 Å². The Morgan fingerprint density at radius 3 is 1.25 bits per heavy atom. The predicted octanol–water partition coefficient (Wildman–Crippen LogP) is 1.38. The molecule has 0 aliphatic carbocycles. The second kappa shape index (κ2) is 3.98. The van der Waals surface area contributed by atoms with E-state index in [0.717, 1.165) is 0 Å². The maximum Gasteiger partial charge on any atom is 0.0837 e. The van der Waals surface area contributed by atoms with E-state index in [1.807, 2.05) is 0 Å². The van der Waals surface area contributed by atoms with Crippen molar-refractivity contribution in [2.75, 3.05) is 0 Å². The molecule has 0 rings (SSSR count). The molecule has 0 aliphatic rings. The zero-order valence-electron chi connectivity index (χ0n) is 3.94. The van der Waals surface area contributed by atoms with Crippen molar-refractivity contribution in [3.63, 3.8) is 0 Å². The molecule has 5 heteroatoms. The van der Waals surface area contributed by atoms with Crippen LogP contribution in [0, 0.1) is 5.41 Å². The van der Waals surface area contributed by atoms with Crippen LogP contribution >= 0.6 is 50.5 Å². The molecule has 0 aromatic heterocycles. The highest BCUT2D eigenvalue weighted by Gasteiger charge is 2.08. The van der Waals surface area contributed by atoms with Gasteiger partial charge in [-0.3, -0.25) is 0 Å². The maximum absolute atomic E-state index is 7.09. The SMILES string of the molecule is N=C(C(S)S)C(S)S. The summed E-state index contributed by atoms with van der Waals surface area (Å²) in [7, 11) is 0. The molecule has 0 bridgehead atoms. The molecule has 0 unspecified atom stereocenters. The fourth-order valence-corrected chi connectivity index (χ4v) is 1.20. The smallest absolute Gasteiger partial charge is 0.0837 e. The molecule has 0 aliphatic heterocycles. The Morgan fingerprint density at radius 1 is 1.00 bits per heavy atom. The fourth-order valence-electron chi connectivity index (χ4n) is 0.133. The Kier molecular flexibility index (Phi) is 4.51. The molecule has 0 spiro atoms. The first-order valence-corrected chi connectivity index (χ1v) is 3.93. The number of hydrogen-bond acceptors (Lipinski definition) is 5. The monoisotopic (exact) mass is 185 g/mol. The molecular formula is C3H7NS4. The van der Waals surface area contributed by atoms with Gasteiger partial charge in [-0.15, -0.1) is 0 Å². The zero-order valence-corrected chi connectivity index (χ0v) is 7.52. The van der Waals surface area contributed by atoms with E-state index >= 15 is 0 Å². The van der Waals surface area contributed by atoms with Gasteiger partial charge in [0.15, 0.2) is 0 Å². The molecular weight excluding hydrogens is 178 g/mol. The van der Waals surface area contributed by atoms with Gasteiger partial charge in [-0.1, -0.05) is 0 Å². The van der Waals surface area contributed by atoms with Gasteiger partial charge in [-0.05, 0) is 0 Å². The predicted molar refractivity (Wildman–Crippen MR) is 51.2 cm³/mol. The van der Waals surface area contributed by atoms with Gasteiger partial charge in [0.2, 0.25) is 0 Å². The summed E-state index contributed by atoms with van der Waals surface area (Å²) in [6.45, 7) is 0. The lowest BCUT2D eigenvalue weighted by molar-refractivity contribution is 1.43. The summed E-state index contributed by atoms with van der Waals surface area (Å²) in [5, 5.41) is 7.09. The lowest BCUT2D eigenvalue weighted by atomic mass is 10.5. The Labute approximate surface area is 70.8 Å². The van der Waals surface area contributed by atoms with Crippen molar-refractivity contribution in [3.8, 4) is 0 Å². The van der Waals surface area contributed by atoms with Crippen LogP contribution in [0.25, 0.3) is 0 Å². The van der Waals surface area contributed by atoms with Gasteiger partial charge in [-0.25, -0.2) is 0 Å². The minimum absolute atomic E-state index is 0.309. The van der Waals surface area contributed by atoms with E-state index < -0.39 is 0 Å². The summed E-state index contributed by atoms with van der Waals surface area (Å²) >= 11 is 15.5. The second-order valence-electron chi connectivity index (χ2n) is 1.20. The first-order valence-electron chi connectivity index (χ1n) is 1.86. The lowest BCUT2D eigenvalue weighted by Crippen LogP contribution is -2.14. The molecule has 0 radical (unpaired) electrons. The van der Waals surface area contributed by atoms with Gasteiger partial charge in [-0.2, -0.15) is 50.5 Å². The average Bonchev–Trinajstić information content (AvgIpc) is 1.64. The number of rotatable bonds is 2. The highest BCUT2D eigenvalue weighted by atomic mass is 32.2. The van der Waals surface area contributed by atoms with Crippen LogP contribution in [0.2, 0.25) is 0 Å². The Hall–Kier alpha value is 1.07.